The smallest absolute Gasteiger partial charge is 0.266 e. The van der Waals surface area contributed by atoms with Gasteiger partial charge >= 0.3 is 0 Å². The lowest BCUT2D eigenvalue weighted by Gasteiger charge is -2.08. The molecule has 3 aromatic rings. The zero-order chi connectivity index (χ0) is 18.2. The Morgan fingerprint density at radius 1 is 0.923 bits per heavy atom. The second-order valence-corrected chi connectivity index (χ2v) is 5.98. The van der Waals surface area contributed by atoms with Crippen LogP contribution in [0.4, 0.5) is 0 Å². The summed E-state index contributed by atoms with van der Waals surface area (Å²) in [5.74, 6) is -0.0267. The Kier molecular flexibility index (Phi) is 5.93. The number of benzene rings is 2. The molecule has 1 aromatic heterocycles. The minimum absolute atomic E-state index is 0.0267. The quantitative estimate of drug-likeness (QED) is 0.715. The molecule has 0 bridgehead atoms. The molecule has 0 aliphatic rings. The summed E-state index contributed by atoms with van der Waals surface area (Å²) in [6.07, 6.45) is 1.13. The summed E-state index contributed by atoms with van der Waals surface area (Å²) in [5.41, 5.74) is 2.65. The fraction of sp³-hybridized carbons (Fsp3) is 0.190. The molecule has 0 saturated heterocycles. The Morgan fingerprint density at radius 3 is 2.35 bits per heavy atom. The van der Waals surface area contributed by atoms with E-state index in [1.54, 1.807) is 6.07 Å². The lowest BCUT2D eigenvalue weighted by molar-refractivity contribution is -0.121. The first-order chi connectivity index (χ1) is 12.7. The highest BCUT2D eigenvalue weighted by Gasteiger charge is 2.05. The first kappa shape index (κ1) is 17.6. The maximum Gasteiger partial charge on any atom is 0.266 e. The van der Waals surface area contributed by atoms with Gasteiger partial charge in [0.2, 0.25) is 5.91 Å². The van der Waals surface area contributed by atoms with Crippen LogP contribution in [0.25, 0.3) is 11.3 Å². The molecule has 0 atom stereocenters. The van der Waals surface area contributed by atoms with Crippen molar-refractivity contribution in [2.24, 2.45) is 0 Å². The molecule has 5 nitrogen and oxygen atoms in total. The van der Waals surface area contributed by atoms with E-state index in [1.807, 2.05) is 60.7 Å². The van der Waals surface area contributed by atoms with Gasteiger partial charge in [-0.2, -0.15) is 5.10 Å². The van der Waals surface area contributed by atoms with Crippen molar-refractivity contribution in [1.29, 1.82) is 0 Å². The van der Waals surface area contributed by atoms with Crippen molar-refractivity contribution in [3.8, 4) is 11.3 Å². The first-order valence-corrected chi connectivity index (χ1v) is 8.66. The summed E-state index contributed by atoms with van der Waals surface area (Å²) < 4.78 is 1.39. The Balaban J connectivity index is 1.53. The predicted octanol–water partition coefficient (Wildman–Crippen LogP) is 2.66. The molecule has 0 fully saturated rings. The van der Waals surface area contributed by atoms with Gasteiger partial charge in [0, 0.05) is 24.6 Å². The van der Waals surface area contributed by atoms with Gasteiger partial charge in [0.25, 0.3) is 5.56 Å². The van der Waals surface area contributed by atoms with E-state index >= 15 is 0 Å². The minimum Gasteiger partial charge on any atom is -0.354 e. The van der Waals surface area contributed by atoms with Crippen LogP contribution in [0.1, 0.15) is 12.0 Å². The van der Waals surface area contributed by atoms with Gasteiger partial charge in [-0.25, -0.2) is 4.68 Å². The van der Waals surface area contributed by atoms with Crippen molar-refractivity contribution < 1.29 is 4.79 Å². The fourth-order valence-corrected chi connectivity index (χ4v) is 2.66. The minimum atomic E-state index is -0.178. The van der Waals surface area contributed by atoms with E-state index in [2.05, 4.69) is 10.4 Å². The van der Waals surface area contributed by atoms with Gasteiger partial charge in [-0.1, -0.05) is 60.7 Å². The van der Waals surface area contributed by atoms with Crippen LogP contribution in [-0.2, 0) is 17.8 Å². The molecule has 0 aliphatic carbocycles. The predicted molar refractivity (Wildman–Crippen MR) is 102 cm³/mol. The molecule has 132 valence electrons. The van der Waals surface area contributed by atoms with Crippen LogP contribution in [0.2, 0.25) is 0 Å². The molecule has 0 spiro atoms. The molecule has 1 heterocycles. The number of aryl methyl sites for hydroxylation is 1. The average molecular weight is 347 g/mol. The maximum absolute atomic E-state index is 12.0. The van der Waals surface area contributed by atoms with E-state index in [9.17, 15) is 9.59 Å². The third kappa shape index (κ3) is 4.89. The van der Waals surface area contributed by atoms with Gasteiger partial charge < -0.3 is 5.32 Å². The van der Waals surface area contributed by atoms with Crippen LogP contribution in [0.15, 0.2) is 77.6 Å². The second kappa shape index (κ2) is 8.76. The zero-order valence-corrected chi connectivity index (χ0v) is 14.5. The Labute approximate surface area is 152 Å². The molecule has 26 heavy (non-hydrogen) atoms. The number of hydrogen-bond donors (Lipinski definition) is 1. The number of amides is 1. The van der Waals surface area contributed by atoms with Gasteiger partial charge in [-0.3, -0.25) is 9.59 Å². The van der Waals surface area contributed by atoms with Crippen molar-refractivity contribution >= 4 is 5.91 Å². The SMILES string of the molecule is O=C(CCc1ccccc1)NCCn1nc(-c2ccccc2)ccc1=O. The summed E-state index contributed by atoms with van der Waals surface area (Å²) in [5, 5.41) is 7.24. The van der Waals surface area contributed by atoms with Gasteiger partial charge in [0.1, 0.15) is 0 Å². The lowest BCUT2D eigenvalue weighted by Crippen LogP contribution is -2.32. The average Bonchev–Trinajstić information content (AvgIpc) is 2.69. The highest BCUT2D eigenvalue weighted by molar-refractivity contribution is 5.76. The molecule has 3 rings (SSSR count). The van der Waals surface area contributed by atoms with Crippen LogP contribution >= 0.6 is 0 Å². The largest absolute Gasteiger partial charge is 0.354 e. The van der Waals surface area contributed by atoms with Crippen LogP contribution in [0.5, 0.6) is 0 Å². The lowest BCUT2D eigenvalue weighted by atomic mass is 10.1. The number of rotatable bonds is 7. The molecule has 1 N–H and O–H groups in total. The fourth-order valence-electron chi connectivity index (χ4n) is 2.66. The van der Waals surface area contributed by atoms with Crippen molar-refractivity contribution in [3.05, 3.63) is 88.7 Å². The van der Waals surface area contributed by atoms with E-state index in [1.165, 1.54) is 10.7 Å². The first-order valence-electron chi connectivity index (χ1n) is 8.66. The van der Waals surface area contributed by atoms with E-state index < -0.39 is 0 Å². The maximum atomic E-state index is 12.0. The molecular formula is C21H21N3O2. The molecular weight excluding hydrogens is 326 g/mol. The molecule has 5 heteroatoms. The van der Waals surface area contributed by atoms with Gasteiger partial charge in [-0.15, -0.1) is 0 Å². The third-order valence-electron chi connectivity index (χ3n) is 4.07. The topological polar surface area (TPSA) is 64.0 Å². The van der Waals surface area contributed by atoms with Crippen molar-refractivity contribution in [2.75, 3.05) is 6.54 Å². The number of hydrogen-bond acceptors (Lipinski definition) is 3. The normalized spacial score (nSPS) is 10.5. The molecule has 0 saturated carbocycles. The monoisotopic (exact) mass is 347 g/mol. The number of nitrogens with one attached hydrogen (secondary N) is 1. The molecule has 0 unspecified atom stereocenters. The Morgan fingerprint density at radius 2 is 1.62 bits per heavy atom. The molecule has 0 aliphatic heterocycles. The number of carbonyl (C=O) groups excluding carboxylic acids is 1. The highest BCUT2D eigenvalue weighted by atomic mass is 16.1. The summed E-state index contributed by atoms with van der Waals surface area (Å²) in [7, 11) is 0. The third-order valence-corrected chi connectivity index (χ3v) is 4.07. The van der Waals surface area contributed by atoms with E-state index in [4.69, 9.17) is 0 Å². The summed E-state index contributed by atoms with van der Waals surface area (Å²) >= 11 is 0. The van der Waals surface area contributed by atoms with Gasteiger partial charge in [-0.05, 0) is 18.1 Å². The highest BCUT2D eigenvalue weighted by Crippen LogP contribution is 2.13. The van der Waals surface area contributed by atoms with E-state index in [0.717, 1.165) is 16.8 Å². The second-order valence-electron chi connectivity index (χ2n) is 5.98. The van der Waals surface area contributed by atoms with E-state index in [0.29, 0.717) is 25.9 Å². The Bertz CT molecular complexity index is 905. The molecule has 2 aromatic carbocycles. The van der Waals surface area contributed by atoms with Crippen LogP contribution in [-0.4, -0.2) is 22.2 Å². The van der Waals surface area contributed by atoms with Crippen LogP contribution in [0.3, 0.4) is 0 Å². The molecule has 1 amide bonds. The molecule has 0 radical (unpaired) electrons. The summed E-state index contributed by atoms with van der Waals surface area (Å²) in [4.78, 5) is 23.9. The summed E-state index contributed by atoms with van der Waals surface area (Å²) in [6.45, 7) is 0.718. The standard InChI is InChI=1S/C21H21N3O2/c25-20(13-11-17-7-3-1-4-8-17)22-15-16-24-21(26)14-12-19(23-24)18-9-5-2-6-10-18/h1-10,12,14H,11,13,15-16H2,(H,22,25). The van der Waals surface area contributed by atoms with Crippen molar-refractivity contribution in [2.45, 2.75) is 19.4 Å². The number of carbonyl (C=O) groups is 1. The van der Waals surface area contributed by atoms with Gasteiger partial charge in [0.15, 0.2) is 0 Å². The summed E-state index contributed by atoms with van der Waals surface area (Å²) in [6, 6.07) is 22.8. The Hall–Kier alpha value is -3.21. The zero-order valence-electron chi connectivity index (χ0n) is 14.5. The van der Waals surface area contributed by atoms with Crippen LogP contribution < -0.4 is 10.9 Å². The van der Waals surface area contributed by atoms with E-state index in [-0.39, 0.29) is 11.5 Å². The van der Waals surface area contributed by atoms with Crippen molar-refractivity contribution in [1.82, 2.24) is 15.1 Å². The van der Waals surface area contributed by atoms with Crippen molar-refractivity contribution in [3.63, 3.8) is 0 Å². The number of aromatic nitrogens is 2. The van der Waals surface area contributed by atoms with Crippen LogP contribution in [0, 0.1) is 0 Å². The van der Waals surface area contributed by atoms with Gasteiger partial charge in [0.05, 0.1) is 12.2 Å². The number of nitrogens with zero attached hydrogens (tertiary/aromatic N) is 2.